The smallest absolute Gasteiger partial charge is 0.261 e. The maximum Gasteiger partial charge on any atom is 0.261 e. The highest BCUT2D eigenvalue weighted by molar-refractivity contribution is 7.92. The molecule has 0 radical (unpaired) electrons. The maximum absolute atomic E-state index is 12.8. The molecular weight excluding hydrogens is 499 g/mol. The van der Waals surface area contributed by atoms with E-state index in [2.05, 4.69) is 19.7 Å². The Balaban J connectivity index is 1.54. The van der Waals surface area contributed by atoms with E-state index < -0.39 is 26.1 Å². The largest absolute Gasteiger partial charge is 0.358 e. The van der Waals surface area contributed by atoms with E-state index in [0.717, 1.165) is 0 Å². The zero-order chi connectivity index (χ0) is 23.1. The lowest BCUT2D eigenvalue weighted by Gasteiger charge is -2.23. The highest BCUT2D eigenvalue weighted by Crippen LogP contribution is 2.35. The molecule has 1 aliphatic heterocycles. The van der Waals surface area contributed by atoms with Crippen LogP contribution in [-0.2, 0) is 24.8 Å². The van der Waals surface area contributed by atoms with Crippen LogP contribution in [-0.4, -0.2) is 40.3 Å². The molecule has 2 aromatic carbocycles. The molecule has 0 aliphatic carbocycles. The summed E-state index contributed by atoms with van der Waals surface area (Å²) in [6, 6.07) is 7.42. The van der Waals surface area contributed by atoms with E-state index in [1.807, 2.05) is 0 Å². The van der Waals surface area contributed by atoms with Crippen molar-refractivity contribution in [2.45, 2.75) is 28.7 Å². The lowest BCUT2D eigenvalue weighted by atomic mass is 10.1. The van der Waals surface area contributed by atoms with E-state index in [4.69, 9.17) is 23.2 Å². The van der Waals surface area contributed by atoms with Gasteiger partial charge in [-0.3, -0.25) is 9.52 Å². The molecule has 2 heterocycles. The number of amides is 1. The lowest BCUT2D eigenvalue weighted by Crippen LogP contribution is -2.47. The number of aromatic nitrogens is 1. The molecule has 0 saturated carbocycles. The number of benzene rings is 2. The molecule has 1 unspecified atom stereocenters. The third-order valence-corrected chi connectivity index (χ3v) is 8.54. The van der Waals surface area contributed by atoms with Gasteiger partial charge in [0.2, 0.25) is 15.9 Å². The van der Waals surface area contributed by atoms with Gasteiger partial charge in [0, 0.05) is 30.6 Å². The van der Waals surface area contributed by atoms with E-state index in [9.17, 15) is 21.6 Å². The summed E-state index contributed by atoms with van der Waals surface area (Å²) in [4.78, 5) is 13.9. The number of carbonyl (C=O) groups excluding carboxylic acids is 1. The minimum atomic E-state index is -4.02. The SMILES string of the molecule is O=C1CCC(NS(=O)(=O)c2ccc(S(=O)(=O)Nc3ccc(Cl)c4c(Cl)c[nH]c34)cc2)CN1. The van der Waals surface area contributed by atoms with Crippen molar-refractivity contribution in [3.05, 3.63) is 52.6 Å². The number of piperidine rings is 1. The van der Waals surface area contributed by atoms with Gasteiger partial charge >= 0.3 is 0 Å². The quantitative estimate of drug-likeness (QED) is 0.399. The second-order valence-electron chi connectivity index (χ2n) is 7.22. The molecule has 13 heteroatoms. The van der Waals surface area contributed by atoms with Crippen LogP contribution in [0.25, 0.3) is 10.9 Å². The molecule has 32 heavy (non-hydrogen) atoms. The maximum atomic E-state index is 12.8. The summed E-state index contributed by atoms with van der Waals surface area (Å²) in [7, 11) is -7.90. The summed E-state index contributed by atoms with van der Waals surface area (Å²) in [6.45, 7) is 0.201. The van der Waals surface area contributed by atoms with Gasteiger partial charge in [-0.25, -0.2) is 21.6 Å². The number of hydrogen-bond acceptors (Lipinski definition) is 5. The Kier molecular flexibility index (Phi) is 6.12. The standard InChI is InChI=1S/C19H18Cl2N4O5S2/c20-14-6-7-16(19-18(14)15(21)10-23-19)25-32(29,30)13-4-2-12(3-5-13)31(27,28)24-11-1-8-17(26)22-9-11/h2-7,10-11,23-25H,1,8-9H2,(H,22,26). The minimum Gasteiger partial charge on any atom is -0.358 e. The molecule has 1 atom stereocenters. The van der Waals surface area contributed by atoms with Crippen molar-refractivity contribution in [3.63, 3.8) is 0 Å². The van der Waals surface area contributed by atoms with Crippen LogP contribution in [0.3, 0.4) is 0 Å². The van der Waals surface area contributed by atoms with E-state index in [1.54, 1.807) is 0 Å². The Morgan fingerprint density at radius 2 is 1.56 bits per heavy atom. The van der Waals surface area contributed by atoms with Crippen LogP contribution in [0.15, 0.2) is 52.4 Å². The molecule has 9 nitrogen and oxygen atoms in total. The number of sulfonamides is 2. The molecule has 3 aromatic rings. The number of H-pyrrole nitrogens is 1. The average Bonchev–Trinajstić information content (AvgIpc) is 3.14. The van der Waals surface area contributed by atoms with E-state index >= 15 is 0 Å². The predicted molar refractivity (Wildman–Crippen MR) is 122 cm³/mol. The zero-order valence-electron chi connectivity index (χ0n) is 16.4. The summed E-state index contributed by atoms with van der Waals surface area (Å²) in [5, 5.41) is 3.81. The van der Waals surface area contributed by atoms with E-state index in [1.165, 1.54) is 42.6 Å². The first kappa shape index (κ1) is 22.9. The third-order valence-electron chi connectivity index (χ3n) is 5.01. The van der Waals surface area contributed by atoms with Gasteiger partial charge in [-0.2, -0.15) is 0 Å². The Labute approximate surface area is 194 Å². The van der Waals surface area contributed by atoms with Gasteiger partial charge in [-0.1, -0.05) is 23.2 Å². The van der Waals surface area contributed by atoms with Crippen molar-refractivity contribution in [2.75, 3.05) is 11.3 Å². The molecular formula is C19H18Cl2N4O5S2. The Hall–Kier alpha value is -2.31. The molecule has 1 saturated heterocycles. The molecule has 170 valence electrons. The highest BCUT2D eigenvalue weighted by atomic mass is 35.5. The van der Waals surface area contributed by atoms with Crippen molar-refractivity contribution in [1.82, 2.24) is 15.0 Å². The number of nitrogens with one attached hydrogen (secondary N) is 4. The second kappa shape index (κ2) is 8.56. The van der Waals surface area contributed by atoms with E-state index in [0.29, 0.717) is 27.4 Å². The first-order chi connectivity index (χ1) is 15.1. The van der Waals surface area contributed by atoms with Gasteiger partial charge in [0.1, 0.15) is 0 Å². The monoisotopic (exact) mass is 516 g/mol. The van der Waals surface area contributed by atoms with Gasteiger partial charge in [-0.15, -0.1) is 0 Å². The molecule has 1 amide bonds. The molecule has 0 spiro atoms. The Bertz CT molecular complexity index is 1390. The Morgan fingerprint density at radius 3 is 2.19 bits per heavy atom. The van der Waals surface area contributed by atoms with Crippen molar-refractivity contribution >= 4 is 65.7 Å². The summed E-state index contributed by atoms with van der Waals surface area (Å²) in [5.74, 6) is -0.123. The van der Waals surface area contributed by atoms with Crippen LogP contribution in [0.1, 0.15) is 12.8 Å². The summed E-state index contributed by atoms with van der Waals surface area (Å²) in [6.07, 6.45) is 2.13. The van der Waals surface area contributed by atoms with Crippen molar-refractivity contribution in [2.24, 2.45) is 0 Å². The topological polar surface area (TPSA) is 137 Å². The van der Waals surface area contributed by atoms with Crippen LogP contribution in [0.4, 0.5) is 5.69 Å². The predicted octanol–water partition coefficient (Wildman–Crippen LogP) is 2.83. The van der Waals surface area contributed by atoms with Gasteiger partial charge in [0.05, 0.1) is 31.0 Å². The number of fused-ring (bicyclic) bond motifs is 1. The number of halogens is 2. The third kappa shape index (κ3) is 4.57. The molecule has 0 bridgehead atoms. The fraction of sp³-hybridized carbons (Fsp3) is 0.211. The first-order valence-electron chi connectivity index (χ1n) is 9.44. The fourth-order valence-corrected chi connectivity index (χ4v) is 6.28. The summed E-state index contributed by atoms with van der Waals surface area (Å²) < 4.78 is 55.9. The molecule has 1 aromatic heterocycles. The fourth-order valence-electron chi connectivity index (χ4n) is 3.38. The number of hydrogen-bond donors (Lipinski definition) is 4. The van der Waals surface area contributed by atoms with Gasteiger partial charge in [-0.05, 0) is 42.8 Å². The van der Waals surface area contributed by atoms with Crippen molar-refractivity contribution in [3.8, 4) is 0 Å². The number of anilines is 1. The zero-order valence-corrected chi connectivity index (χ0v) is 19.5. The van der Waals surface area contributed by atoms with Crippen LogP contribution in [0, 0.1) is 0 Å². The second-order valence-corrected chi connectivity index (χ2v) is 11.4. The average molecular weight is 517 g/mol. The van der Waals surface area contributed by atoms with Crippen LogP contribution in [0.5, 0.6) is 0 Å². The van der Waals surface area contributed by atoms with E-state index in [-0.39, 0.29) is 34.4 Å². The number of rotatable bonds is 6. The number of aromatic amines is 1. The summed E-state index contributed by atoms with van der Waals surface area (Å²) in [5.41, 5.74) is 0.669. The van der Waals surface area contributed by atoms with Gasteiger partial charge in [0.25, 0.3) is 10.0 Å². The summed E-state index contributed by atoms with van der Waals surface area (Å²) >= 11 is 12.2. The first-order valence-corrected chi connectivity index (χ1v) is 13.2. The van der Waals surface area contributed by atoms with Gasteiger partial charge in [0.15, 0.2) is 0 Å². The molecule has 4 N–H and O–H groups in total. The number of carbonyl (C=O) groups is 1. The van der Waals surface area contributed by atoms with Gasteiger partial charge < -0.3 is 10.3 Å². The molecule has 4 rings (SSSR count). The normalized spacial score (nSPS) is 17.3. The highest BCUT2D eigenvalue weighted by Gasteiger charge is 2.25. The van der Waals surface area contributed by atoms with Crippen LogP contribution >= 0.6 is 23.2 Å². The molecule has 1 fully saturated rings. The molecule has 1 aliphatic rings. The lowest BCUT2D eigenvalue weighted by molar-refractivity contribution is -0.122. The Morgan fingerprint density at radius 1 is 0.906 bits per heavy atom. The minimum absolute atomic E-state index is 0.0848. The van der Waals surface area contributed by atoms with Crippen LogP contribution < -0.4 is 14.8 Å². The van der Waals surface area contributed by atoms with Crippen LogP contribution in [0.2, 0.25) is 10.0 Å². The van der Waals surface area contributed by atoms with Crippen molar-refractivity contribution in [1.29, 1.82) is 0 Å². The van der Waals surface area contributed by atoms with Crippen molar-refractivity contribution < 1.29 is 21.6 Å².